The zero-order chi connectivity index (χ0) is 9.52. The molecule has 1 fully saturated rings. The SMILES string of the molecule is N#CCCCN1CCCCC1CN. The highest BCUT2D eigenvalue weighted by Crippen LogP contribution is 2.16. The van der Waals surface area contributed by atoms with E-state index in [4.69, 9.17) is 11.0 Å². The molecule has 1 unspecified atom stereocenters. The molecule has 0 saturated carbocycles. The first-order chi connectivity index (χ1) is 6.38. The summed E-state index contributed by atoms with van der Waals surface area (Å²) in [6.45, 7) is 3.00. The molecule has 0 amide bonds. The molecule has 1 rings (SSSR count). The molecule has 1 atom stereocenters. The lowest BCUT2D eigenvalue weighted by atomic mass is 10.0. The van der Waals surface area contributed by atoms with Crippen LogP contribution in [0.4, 0.5) is 0 Å². The quantitative estimate of drug-likeness (QED) is 0.661. The lowest BCUT2D eigenvalue weighted by Crippen LogP contribution is -2.44. The summed E-state index contributed by atoms with van der Waals surface area (Å²) in [5.41, 5.74) is 5.69. The van der Waals surface area contributed by atoms with Crippen molar-refractivity contribution >= 4 is 0 Å². The molecule has 3 heteroatoms. The van der Waals surface area contributed by atoms with Crippen LogP contribution in [0, 0.1) is 11.3 Å². The third-order valence-corrected chi connectivity index (χ3v) is 2.76. The number of piperidine rings is 1. The number of likely N-dealkylation sites (tertiary alicyclic amines) is 1. The summed E-state index contributed by atoms with van der Waals surface area (Å²) in [7, 11) is 0. The zero-order valence-electron chi connectivity index (χ0n) is 8.21. The van der Waals surface area contributed by atoms with Gasteiger partial charge in [0.15, 0.2) is 0 Å². The van der Waals surface area contributed by atoms with E-state index in [-0.39, 0.29) is 0 Å². The Morgan fingerprint density at radius 1 is 1.46 bits per heavy atom. The fourth-order valence-electron chi connectivity index (χ4n) is 1.98. The molecule has 13 heavy (non-hydrogen) atoms. The summed E-state index contributed by atoms with van der Waals surface area (Å²) in [5.74, 6) is 0. The van der Waals surface area contributed by atoms with Gasteiger partial charge in [0, 0.05) is 19.0 Å². The number of nitriles is 1. The van der Waals surface area contributed by atoms with Crippen molar-refractivity contribution < 1.29 is 0 Å². The van der Waals surface area contributed by atoms with Crippen LogP contribution in [-0.4, -0.2) is 30.6 Å². The third-order valence-electron chi connectivity index (χ3n) is 2.76. The van der Waals surface area contributed by atoms with Crippen molar-refractivity contribution in [3.63, 3.8) is 0 Å². The fourth-order valence-corrected chi connectivity index (χ4v) is 1.98. The number of nitrogens with two attached hydrogens (primary N) is 1. The van der Waals surface area contributed by atoms with Crippen molar-refractivity contribution in [2.75, 3.05) is 19.6 Å². The summed E-state index contributed by atoms with van der Waals surface area (Å²) in [6, 6.07) is 2.76. The Morgan fingerprint density at radius 2 is 2.31 bits per heavy atom. The van der Waals surface area contributed by atoms with Gasteiger partial charge in [-0.2, -0.15) is 5.26 Å². The van der Waals surface area contributed by atoms with E-state index in [1.807, 2.05) is 0 Å². The summed E-state index contributed by atoms with van der Waals surface area (Å²) in [4.78, 5) is 2.45. The molecule has 1 heterocycles. The minimum absolute atomic E-state index is 0.576. The molecule has 0 bridgehead atoms. The Balaban J connectivity index is 2.24. The number of nitrogens with zero attached hydrogens (tertiary/aromatic N) is 2. The van der Waals surface area contributed by atoms with E-state index in [1.165, 1.54) is 25.8 Å². The van der Waals surface area contributed by atoms with Crippen LogP contribution in [-0.2, 0) is 0 Å². The van der Waals surface area contributed by atoms with Crippen LogP contribution >= 0.6 is 0 Å². The van der Waals surface area contributed by atoms with E-state index in [2.05, 4.69) is 11.0 Å². The lowest BCUT2D eigenvalue weighted by molar-refractivity contribution is 0.152. The predicted octanol–water partition coefficient (Wildman–Crippen LogP) is 1.10. The largest absolute Gasteiger partial charge is 0.329 e. The summed E-state index contributed by atoms with van der Waals surface area (Å²) in [6.07, 6.45) is 5.52. The first-order valence-corrected chi connectivity index (χ1v) is 5.19. The Kier molecular flexibility index (Phi) is 4.81. The van der Waals surface area contributed by atoms with Crippen LogP contribution < -0.4 is 5.73 Å². The van der Waals surface area contributed by atoms with Crippen LogP contribution in [0.5, 0.6) is 0 Å². The molecular weight excluding hydrogens is 162 g/mol. The molecule has 1 aliphatic rings. The zero-order valence-corrected chi connectivity index (χ0v) is 8.21. The Bertz CT molecular complexity index is 173. The van der Waals surface area contributed by atoms with Gasteiger partial charge in [0.1, 0.15) is 0 Å². The number of rotatable bonds is 4. The monoisotopic (exact) mass is 181 g/mol. The first-order valence-electron chi connectivity index (χ1n) is 5.19. The summed E-state index contributed by atoms with van der Waals surface area (Å²) >= 11 is 0. The van der Waals surface area contributed by atoms with Crippen molar-refractivity contribution in [1.29, 1.82) is 5.26 Å². The highest BCUT2D eigenvalue weighted by Gasteiger charge is 2.19. The van der Waals surface area contributed by atoms with Crippen LogP contribution in [0.15, 0.2) is 0 Å². The molecule has 1 aliphatic heterocycles. The Labute approximate surface area is 80.5 Å². The van der Waals surface area contributed by atoms with Crippen molar-refractivity contribution in [1.82, 2.24) is 4.90 Å². The third kappa shape index (κ3) is 3.33. The molecule has 0 spiro atoms. The molecule has 2 N–H and O–H groups in total. The average Bonchev–Trinajstić information content (AvgIpc) is 2.19. The van der Waals surface area contributed by atoms with E-state index in [0.717, 1.165) is 19.5 Å². The van der Waals surface area contributed by atoms with Gasteiger partial charge in [0.25, 0.3) is 0 Å². The molecule has 74 valence electrons. The number of unbranched alkanes of at least 4 members (excludes halogenated alkanes) is 1. The second-order valence-electron chi connectivity index (χ2n) is 3.68. The van der Waals surface area contributed by atoms with Gasteiger partial charge >= 0.3 is 0 Å². The van der Waals surface area contributed by atoms with Crippen LogP contribution in [0.25, 0.3) is 0 Å². The van der Waals surface area contributed by atoms with E-state index in [0.29, 0.717) is 12.5 Å². The topological polar surface area (TPSA) is 53.0 Å². The maximum absolute atomic E-state index is 8.43. The lowest BCUT2D eigenvalue weighted by Gasteiger charge is -2.34. The van der Waals surface area contributed by atoms with Crippen molar-refractivity contribution in [2.24, 2.45) is 5.73 Å². The summed E-state index contributed by atoms with van der Waals surface area (Å²) < 4.78 is 0. The second-order valence-corrected chi connectivity index (χ2v) is 3.68. The maximum Gasteiger partial charge on any atom is 0.0622 e. The van der Waals surface area contributed by atoms with Crippen LogP contribution in [0.2, 0.25) is 0 Å². The van der Waals surface area contributed by atoms with E-state index in [9.17, 15) is 0 Å². The van der Waals surface area contributed by atoms with E-state index < -0.39 is 0 Å². The standard InChI is InChI=1S/C10H19N3/c11-6-2-4-8-13-7-3-1-5-10(13)9-12/h10H,1-5,7-9,12H2. The van der Waals surface area contributed by atoms with Gasteiger partial charge in [-0.25, -0.2) is 0 Å². The highest BCUT2D eigenvalue weighted by molar-refractivity contribution is 4.78. The Hall–Kier alpha value is -0.590. The van der Waals surface area contributed by atoms with Crippen molar-refractivity contribution in [2.45, 2.75) is 38.1 Å². The van der Waals surface area contributed by atoms with Crippen LogP contribution in [0.3, 0.4) is 0 Å². The van der Waals surface area contributed by atoms with Gasteiger partial charge < -0.3 is 5.73 Å². The van der Waals surface area contributed by atoms with Crippen molar-refractivity contribution in [3.05, 3.63) is 0 Å². The molecule has 3 nitrogen and oxygen atoms in total. The molecule has 0 aliphatic carbocycles. The van der Waals surface area contributed by atoms with Crippen molar-refractivity contribution in [3.8, 4) is 6.07 Å². The maximum atomic E-state index is 8.43. The highest BCUT2D eigenvalue weighted by atomic mass is 15.2. The minimum atomic E-state index is 0.576. The predicted molar refractivity (Wildman–Crippen MR) is 53.1 cm³/mol. The van der Waals surface area contributed by atoms with Crippen LogP contribution in [0.1, 0.15) is 32.1 Å². The van der Waals surface area contributed by atoms with Gasteiger partial charge in [-0.05, 0) is 32.4 Å². The molecule has 0 radical (unpaired) electrons. The number of hydrogen-bond donors (Lipinski definition) is 1. The second kappa shape index (κ2) is 5.95. The normalized spacial score (nSPS) is 24.2. The molecule has 0 aromatic carbocycles. The first kappa shape index (κ1) is 10.5. The average molecular weight is 181 g/mol. The fraction of sp³-hybridized carbons (Fsp3) is 0.900. The molecular formula is C10H19N3. The molecule has 0 aromatic heterocycles. The van der Waals surface area contributed by atoms with E-state index in [1.54, 1.807) is 0 Å². The smallest absolute Gasteiger partial charge is 0.0622 e. The van der Waals surface area contributed by atoms with Gasteiger partial charge in [-0.3, -0.25) is 4.90 Å². The van der Waals surface area contributed by atoms with Gasteiger partial charge in [-0.1, -0.05) is 6.42 Å². The number of hydrogen-bond acceptors (Lipinski definition) is 3. The van der Waals surface area contributed by atoms with Gasteiger partial charge in [0.05, 0.1) is 6.07 Å². The molecule has 0 aromatic rings. The minimum Gasteiger partial charge on any atom is -0.329 e. The van der Waals surface area contributed by atoms with Gasteiger partial charge in [-0.15, -0.1) is 0 Å². The summed E-state index contributed by atoms with van der Waals surface area (Å²) in [5, 5.41) is 8.43. The Morgan fingerprint density at radius 3 is 3.00 bits per heavy atom. The molecule has 1 saturated heterocycles. The van der Waals surface area contributed by atoms with Gasteiger partial charge in [0.2, 0.25) is 0 Å². The van der Waals surface area contributed by atoms with E-state index >= 15 is 0 Å².